The number of rotatable bonds is 3. The summed E-state index contributed by atoms with van der Waals surface area (Å²) < 4.78 is 0. The summed E-state index contributed by atoms with van der Waals surface area (Å²) in [7, 11) is 0. The summed E-state index contributed by atoms with van der Waals surface area (Å²) in [5.74, 6) is -0.859. The Morgan fingerprint density at radius 3 is 1.70 bits per heavy atom. The third kappa shape index (κ3) is 5.35. The van der Waals surface area contributed by atoms with Crippen LogP contribution in [0.5, 0.6) is 0 Å². The Labute approximate surface area is 176 Å². The van der Waals surface area contributed by atoms with Crippen LogP contribution in [0.3, 0.4) is 0 Å². The van der Waals surface area contributed by atoms with E-state index >= 15 is 0 Å². The number of carboxylic acid groups (broad SMARTS) is 1. The molecule has 0 aliphatic carbocycles. The zero-order valence-corrected chi connectivity index (χ0v) is 17.2. The number of aromatic nitrogens is 3. The first-order valence-electron chi connectivity index (χ1n) is 9.56. The smallest absolute Gasteiger partial charge is 0.335 e. The molecule has 30 heavy (non-hydrogen) atoms. The van der Waals surface area contributed by atoms with Crippen molar-refractivity contribution in [1.29, 1.82) is 0 Å². The highest BCUT2D eigenvalue weighted by molar-refractivity contribution is 5.89. The first-order chi connectivity index (χ1) is 14.4. The zero-order valence-electron chi connectivity index (χ0n) is 17.2. The van der Waals surface area contributed by atoms with Gasteiger partial charge in [-0.15, -0.1) is 0 Å². The third-order valence-electron chi connectivity index (χ3n) is 4.44. The lowest BCUT2D eigenvalue weighted by Gasteiger charge is -2.06. The molecule has 3 heterocycles. The van der Waals surface area contributed by atoms with Gasteiger partial charge >= 0.3 is 5.97 Å². The normalized spacial score (nSPS) is 10.1. The lowest BCUT2D eigenvalue weighted by atomic mass is 10.1. The van der Waals surface area contributed by atoms with E-state index in [1.807, 2.05) is 61.5 Å². The van der Waals surface area contributed by atoms with E-state index < -0.39 is 5.97 Å². The molecule has 0 atom stereocenters. The molecule has 5 nitrogen and oxygen atoms in total. The standard InChI is InChI=1S/C16H13N3.C9H10O2/c1-12-10-15(13-6-2-4-8-17-13)19-16(11-12)14-7-3-5-9-18-14;1-6-3-4-8(9(10)11)7(2)5-6/h2-11H,1H3;3-5H,1-2H3,(H,10,11). The van der Waals surface area contributed by atoms with Crippen LogP contribution in [0.25, 0.3) is 22.8 Å². The largest absolute Gasteiger partial charge is 0.478 e. The van der Waals surface area contributed by atoms with Gasteiger partial charge in [-0.1, -0.05) is 29.8 Å². The highest BCUT2D eigenvalue weighted by Gasteiger charge is 2.07. The maximum absolute atomic E-state index is 10.5. The molecule has 0 amide bonds. The summed E-state index contributed by atoms with van der Waals surface area (Å²) in [6.45, 7) is 5.80. The summed E-state index contributed by atoms with van der Waals surface area (Å²) in [6.07, 6.45) is 3.56. The van der Waals surface area contributed by atoms with Gasteiger partial charge in [0.25, 0.3) is 0 Å². The van der Waals surface area contributed by atoms with E-state index in [0.29, 0.717) is 5.56 Å². The van der Waals surface area contributed by atoms with Crippen molar-refractivity contribution in [1.82, 2.24) is 15.0 Å². The number of aryl methyl sites for hydroxylation is 3. The summed E-state index contributed by atoms with van der Waals surface area (Å²) in [4.78, 5) is 23.9. The zero-order chi connectivity index (χ0) is 21.5. The van der Waals surface area contributed by atoms with Crippen LogP contribution in [0, 0.1) is 20.8 Å². The van der Waals surface area contributed by atoms with Gasteiger partial charge in [-0.05, 0) is 74.4 Å². The van der Waals surface area contributed by atoms with Crippen molar-refractivity contribution in [2.24, 2.45) is 0 Å². The van der Waals surface area contributed by atoms with Gasteiger partial charge in [-0.2, -0.15) is 0 Å². The number of benzene rings is 1. The fraction of sp³-hybridized carbons (Fsp3) is 0.120. The van der Waals surface area contributed by atoms with Crippen molar-refractivity contribution in [2.45, 2.75) is 20.8 Å². The Hall–Kier alpha value is -3.86. The molecule has 0 saturated heterocycles. The molecule has 0 aliphatic rings. The van der Waals surface area contributed by atoms with Crippen molar-refractivity contribution in [3.05, 3.63) is 101 Å². The average Bonchev–Trinajstić information content (AvgIpc) is 2.75. The average molecular weight is 397 g/mol. The molecule has 1 aromatic carbocycles. The van der Waals surface area contributed by atoms with E-state index in [4.69, 9.17) is 5.11 Å². The Morgan fingerprint density at radius 1 is 0.700 bits per heavy atom. The van der Waals surface area contributed by atoms with E-state index in [2.05, 4.69) is 21.9 Å². The van der Waals surface area contributed by atoms with E-state index in [0.717, 1.165) is 39.5 Å². The first-order valence-corrected chi connectivity index (χ1v) is 9.56. The van der Waals surface area contributed by atoms with Gasteiger partial charge in [0, 0.05) is 12.4 Å². The fourth-order valence-electron chi connectivity index (χ4n) is 3.01. The van der Waals surface area contributed by atoms with Crippen molar-refractivity contribution in [3.8, 4) is 22.8 Å². The summed E-state index contributed by atoms with van der Waals surface area (Å²) in [5.41, 5.74) is 6.95. The van der Waals surface area contributed by atoms with Gasteiger partial charge in [0.2, 0.25) is 0 Å². The number of carbonyl (C=O) groups is 1. The van der Waals surface area contributed by atoms with Gasteiger partial charge in [0.05, 0.1) is 28.3 Å². The number of aromatic carboxylic acids is 1. The lowest BCUT2D eigenvalue weighted by Crippen LogP contribution is -1.99. The molecular weight excluding hydrogens is 374 g/mol. The van der Waals surface area contributed by atoms with Crippen LogP contribution in [-0.4, -0.2) is 26.0 Å². The monoisotopic (exact) mass is 397 g/mol. The molecule has 4 aromatic rings. The van der Waals surface area contributed by atoms with E-state index in [-0.39, 0.29) is 0 Å². The molecule has 150 valence electrons. The van der Waals surface area contributed by atoms with Gasteiger partial charge in [0.1, 0.15) is 0 Å². The highest BCUT2D eigenvalue weighted by Crippen LogP contribution is 2.21. The minimum Gasteiger partial charge on any atom is -0.478 e. The minimum absolute atomic E-state index is 0.385. The maximum atomic E-state index is 10.5. The summed E-state index contributed by atoms with van der Waals surface area (Å²) in [5, 5.41) is 8.66. The number of hydrogen-bond acceptors (Lipinski definition) is 4. The van der Waals surface area contributed by atoms with Gasteiger partial charge < -0.3 is 5.11 Å². The fourth-order valence-corrected chi connectivity index (χ4v) is 3.01. The second kappa shape index (κ2) is 9.56. The first kappa shape index (κ1) is 20.9. The van der Waals surface area contributed by atoms with Crippen LogP contribution in [0.4, 0.5) is 0 Å². The van der Waals surface area contributed by atoms with Gasteiger partial charge in [0.15, 0.2) is 0 Å². The van der Waals surface area contributed by atoms with Crippen LogP contribution in [-0.2, 0) is 0 Å². The molecule has 1 N–H and O–H groups in total. The summed E-state index contributed by atoms with van der Waals surface area (Å²) >= 11 is 0. The molecule has 0 aliphatic heterocycles. The van der Waals surface area contributed by atoms with E-state index in [9.17, 15) is 4.79 Å². The van der Waals surface area contributed by atoms with E-state index in [1.54, 1.807) is 31.5 Å². The SMILES string of the molecule is Cc1cc(-c2ccccn2)nc(-c2ccccn2)c1.Cc1ccc(C(=O)O)c(C)c1. The third-order valence-corrected chi connectivity index (χ3v) is 4.44. The second-order valence-corrected chi connectivity index (χ2v) is 6.97. The van der Waals surface area contributed by atoms with E-state index in [1.165, 1.54) is 0 Å². The number of hydrogen-bond donors (Lipinski definition) is 1. The topological polar surface area (TPSA) is 76.0 Å². The lowest BCUT2D eigenvalue weighted by molar-refractivity contribution is 0.0696. The van der Waals surface area contributed by atoms with Crippen LogP contribution in [0.15, 0.2) is 79.1 Å². The molecule has 0 bridgehead atoms. The highest BCUT2D eigenvalue weighted by atomic mass is 16.4. The van der Waals surface area contributed by atoms with Crippen LogP contribution in [0.1, 0.15) is 27.0 Å². The van der Waals surface area contributed by atoms with Crippen molar-refractivity contribution in [3.63, 3.8) is 0 Å². The van der Waals surface area contributed by atoms with Crippen LogP contribution < -0.4 is 0 Å². The molecule has 4 rings (SSSR count). The van der Waals surface area contributed by atoms with Crippen LogP contribution in [0.2, 0.25) is 0 Å². The Balaban J connectivity index is 0.000000199. The molecule has 0 saturated carbocycles. The second-order valence-electron chi connectivity index (χ2n) is 6.97. The summed E-state index contributed by atoms with van der Waals surface area (Å²) in [6, 6.07) is 21.0. The van der Waals surface area contributed by atoms with Crippen LogP contribution >= 0.6 is 0 Å². The van der Waals surface area contributed by atoms with Crippen molar-refractivity contribution < 1.29 is 9.90 Å². The molecular formula is C25H23N3O2. The van der Waals surface area contributed by atoms with Gasteiger partial charge in [-0.25, -0.2) is 9.78 Å². The Bertz CT molecular complexity index is 1090. The van der Waals surface area contributed by atoms with Crippen molar-refractivity contribution in [2.75, 3.05) is 0 Å². The number of nitrogens with zero attached hydrogens (tertiary/aromatic N) is 3. The molecule has 0 radical (unpaired) electrons. The number of pyridine rings is 3. The molecule has 3 aromatic heterocycles. The predicted octanol–water partition coefficient (Wildman–Crippen LogP) is 5.52. The minimum atomic E-state index is -0.859. The quantitative estimate of drug-likeness (QED) is 0.493. The molecule has 0 unspecified atom stereocenters. The molecule has 0 spiro atoms. The van der Waals surface area contributed by atoms with Gasteiger partial charge in [-0.3, -0.25) is 9.97 Å². The molecule has 5 heteroatoms. The number of carboxylic acids is 1. The Kier molecular flexibility index (Phi) is 6.65. The maximum Gasteiger partial charge on any atom is 0.335 e. The Morgan fingerprint density at radius 2 is 1.27 bits per heavy atom. The van der Waals surface area contributed by atoms with Crippen molar-refractivity contribution >= 4 is 5.97 Å². The predicted molar refractivity (Wildman–Crippen MR) is 118 cm³/mol. The molecule has 0 fully saturated rings.